The number of benzene rings is 1. The zero-order valence-electron chi connectivity index (χ0n) is 24.8. The van der Waals surface area contributed by atoms with Gasteiger partial charge in [0.25, 0.3) is 0 Å². The summed E-state index contributed by atoms with van der Waals surface area (Å²) in [6, 6.07) is 10.6. The molecule has 5 rings (SSSR count). The van der Waals surface area contributed by atoms with Gasteiger partial charge in [0.05, 0.1) is 19.8 Å². The van der Waals surface area contributed by atoms with Crippen molar-refractivity contribution in [2.75, 3.05) is 32.2 Å². The van der Waals surface area contributed by atoms with Crippen LogP contribution in [0.4, 0.5) is 5.69 Å². The van der Waals surface area contributed by atoms with Crippen molar-refractivity contribution >= 4 is 11.7 Å². The number of rotatable bonds is 9. The molecule has 0 aromatic heterocycles. The molecule has 0 spiro atoms. The number of fused-ring (bicyclic) bond motifs is 5. The predicted molar refractivity (Wildman–Crippen MR) is 155 cm³/mol. The van der Waals surface area contributed by atoms with Crippen LogP contribution in [-0.2, 0) is 14.3 Å². The quantitative estimate of drug-likeness (QED) is 0.310. The summed E-state index contributed by atoms with van der Waals surface area (Å²) in [5.41, 5.74) is 2.23. The summed E-state index contributed by atoms with van der Waals surface area (Å²) in [6.45, 7) is 9.48. The normalized spacial score (nSPS) is 39.0. The SMILES string of the molecule is COC(=O)CCC(C)C1CCC2C3CCC4CC(OCCN(C)c5ccccc5)CCC4(C)C3CCC12C. The van der Waals surface area contributed by atoms with E-state index in [1.165, 1.54) is 70.6 Å². The summed E-state index contributed by atoms with van der Waals surface area (Å²) in [6.07, 6.45) is 14.3. The van der Waals surface area contributed by atoms with E-state index in [4.69, 9.17) is 9.47 Å². The average Bonchev–Trinajstić information content (AvgIpc) is 3.29. The molecule has 0 radical (unpaired) electrons. The molecule has 4 nitrogen and oxygen atoms in total. The zero-order valence-corrected chi connectivity index (χ0v) is 24.8. The van der Waals surface area contributed by atoms with Gasteiger partial charge in [-0.1, -0.05) is 39.0 Å². The van der Waals surface area contributed by atoms with E-state index >= 15 is 0 Å². The van der Waals surface area contributed by atoms with Gasteiger partial charge >= 0.3 is 5.97 Å². The fourth-order valence-corrected chi connectivity index (χ4v) is 10.2. The van der Waals surface area contributed by atoms with Crippen LogP contribution in [0.15, 0.2) is 30.3 Å². The van der Waals surface area contributed by atoms with Crippen molar-refractivity contribution in [3.8, 4) is 0 Å². The Balaban J connectivity index is 1.16. The van der Waals surface area contributed by atoms with Gasteiger partial charge in [-0.2, -0.15) is 0 Å². The smallest absolute Gasteiger partial charge is 0.305 e. The van der Waals surface area contributed by atoms with E-state index in [9.17, 15) is 4.79 Å². The van der Waals surface area contributed by atoms with Crippen molar-refractivity contribution in [1.82, 2.24) is 0 Å². The number of nitrogens with zero attached hydrogens (tertiary/aromatic N) is 1. The van der Waals surface area contributed by atoms with Crippen LogP contribution in [0.25, 0.3) is 0 Å². The van der Waals surface area contributed by atoms with Crippen LogP contribution in [-0.4, -0.2) is 39.4 Å². The largest absolute Gasteiger partial charge is 0.469 e. The third kappa shape index (κ3) is 5.28. The minimum atomic E-state index is -0.0469. The fraction of sp³-hybridized carbons (Fsp3) is 0.794. The Hall–Kier alpha value is -1.55. The first-order valence-electron chi connectivity index (χ1n) is 15.7. The van der Waals surface area contributed by atoms with Gasteiger partial charge in [-0.15, -0.1) is 0 Å². The van der Waals surface area contributed by atoms with Gasteiger partial charge in [0.1, 0.15) is 0 Å². The molecule has 4 fully saturated rings. The summed E-state index contributed by atoms with van der Waals surface area (Å²) < 4.78 is 11.4. The molecule has 0 amide bonds. The molecule has 1 aromatic carbocycles. The Kier molecular flexibility index (Phi) is 8.48. The van der Waals surface area contributed by atoms with Gasteiger partial charge < -0.3 is 14.4 Å². The Bertz CT molecular complexity index is 935. The molecule has 4 heteroatoms. The fourth-order valence-electron chi connectivity index (χ4n) is 10.2. The summed E-state index contributed by atoms with van der Waals surface area (Å²) in [4.78, 5) is 14.1. The van der Waals surface area contributed by atoms with Crippen molar-refractivity contribution in [1.29, 1.82) is 0 Å². The maximum atomic E-state index is 11.8. The highest BCUT2D eigenvalue weighted by atomic mass is 16.5. The summed E-state index contributed by atoms with van der Waals surface area (Å²) in [5.74, 6) is 4.84. The van der Waals surface area contributed by atoms with Crippen LogP contribution in [0.1, 0.15) is 91.4 Å². The predicted octanol–water partition coefficient (Wildman–Crippen LogP) is 7.76. The maximum absolute atomic E-state index is 11.8. The number of hydrogen-bond acceptors (Lipinski definition) is 4. The second-order valence-electron chi connectivity index (χ2n) is 14.0. The second kappa shape index (κ2) is 11.5. The topological polar surface area (TPSA) is 38.8 Å². The van der Waals surface area contributed by atoms with Crippen molar-refractivity contribution in [2.45, 2.75) is 97.5 Å². The highest BCUT2D eigenvalue weighted by Crippen LogP contribution is 2.68. The van der Waals surface area contributed by atoms with E-state index < -0.39 is 0 Å². The monoisotopic (exact) mass is 523 g/mol. The third-order valence-electron chi connectivity index (χ3n) is 12.4. The van der Waals surface area contributed by atoms with Crippen LogP contribution in [0, 0.1) is 46.3 Å². The Morgan fingerprint density at radius 3 is 2.50 bits per heavy atom. The Morgan fingerprint density at radius 2 is 1.74 bits per heavy atom. The maximum Gasteiger partial charge on any atom is 0.305 e. The van der Waals surface area contributed by atoms with Gasteiger partial charge in [0.15, 0.2) is 0 Å². The average molecular weight is 524 g/mol. The minimum absolute atomic E-state index is 0.0469. The second-order valence-corrected chi connectivity index (χ2v) is 14.0. The summed E-state index contributed by atoms with van der Waals surface area (Å²) >= 11 is 0. The molecule has 0 saturated heterocycles. The molecule has 0 bridgehead atoms. The van der Waals surface area contributed by atoms with Crippen LogP contribution in [0.5, 0.6) is 0 Å². The number of esters is 1. The number of likely N-dealkylation sites (N-methyl/N-ethyl adjacent to an activating group) is 1. The highest BCUT2D eigenvalue weighted by molar-refractivity contribution is 5.69. The zero-order chi connectivity index (χ0) is 26.9. The van der Waals surface area contributed by atoms with E-state index in [0.717, 1.165) is 49.2 Å². The van der Waals surface area contributed by atoms with Gasteiger partial charge in [-0.05, 0) is 123 Å². The minimum Gasteiger partial charge on any atom is -0.469 e. The lowest BCUT2D eigenvalue weighted by molar-refractivity contribution is -0.142. The van der Waals surface area contributed by atoms with Crippen molar-refractivity contribution in [2.24, 2.45) is 46.3 Å². The molecular weight excluding hydrogens is 470 g/mol. The molecule has 0 heterocycles. The molecule has 1 aromatic rings. The van der Waals surface area contributed by atoms with E-state index in [-0.39, 0.29) is 5.97 Å². The molecule has 38 heavy (non-hydrogen) atoms. The third-order valence-corrected chi connectivity index (χ3v) is 12.4. The first kappa shape index (κ1) is 28.0. The molecule has 0 N–H and O–H groups in total. The molecule has 0 aliphatic heterocycles. The molecule has 9 atom stereocenters. The lowest BCUT2D eigenvalue weighted by atomic mass is 9.44. The summed E-state index contributed by atoms with van der Waals surface area (Å²) in [7, 11) is 3.69. The van der Waals surface area contributed by atoms with Crippen LogP contribution in [0.3, 0.4) is 0 Å². The van der Waals surface area contributed by atoms with Gasteiger partial charge in [0.2, 0.25) is 0 Å². The number of hydrogen-bond donors (Lipinski definition) is 0. The molecule has 4 aliphatic rings. The van der Waals surface area contributed by atoms with E-state index in [1.54, 1.807) is 0 Å². The molecular formula is C34H53NO3. The van der Waals surface area contributed by atoms with Crippen molar-refractivity contribution < 1.29 is 14.3 Å². The number of methoxy groups -OCH3 is 1. The number of ether oxygens (including phenoxy) is 2. The summed E-state index contributed by atoms with van der Waals surface area (Å²) in [5, 5.41) is 0. The number of anilines is 1. The lowest BCUT2D eigenvalue weighted by Crippen LogP contribution is -2.54. The Labute approximate surface area is 232 Å². The van der Waals surface area contributed by atoms with Crippen LogP contribution in [0.2, 0.25) is 0 Å². The van der Waals surface area contributed by atoms with Gasteiger partial charge in [-0.3, -0.25) is 4.79 Å². The van der Waals surface area contributed by atoms with E-state index in [0.29, 0.717) is 29.3 Å². The van der Waals surface area contributed by atoms with Gasteiger partial charge in [-0.25, -0.2) is 0 Å². The highest BCUT2D eigenvalue weighted by Gasteiger charge is 2.60. The molecule has 212 valence electrons. The Morgan fingerprint density at radius 1 is 1.00 bits per heavy atom. The number of carbonyl (C=O) groups is 1. The van der Waals surface area contributed by atoms with Crippen molar-refractivity contribution in [3.05, 3.63) is 30.3 Å². The van der Waals surface area contributed by atoms with Crippen molar-refractivity contribution in [3.63, 3.8) is 0 Å². The van der Waals surface area contributed by atoms with E-state index in [1.807, 2.05) is 0 Å². The van der Waals surface area contributed by atoms with Crippen LogP contribution < -0.4 is 4.90 Å². The lowest BCUT2D eigenvalue weighted by Gasteiger charge is -2.61. The number of para-hydroxylation sites is 1. The first-order chi connectivity index (χ1) is 18.3. The van der Waals surface area contributed by atoms with Gasteiger partial charge in [0, 0.05) is 25.7 Å². The molecule has 4 aliphatic carbocycles. The standard InChI is InChI=1S/C34H53NO3/c1-24(11-16-32(36)37-5)29-14-15-30-28-13-12-25-23-27(38-22-21-35(4)26-9-7-6-8-10-26)17-19-33(25,2)31(28)18-20-34(29,30)3/h6-10,24-25,27-31H,11-23H2,1-5H3. The van der Waals surface area contributed by atoms with E-state index in [2.05, 4.69) is 63.1 Å². The van der Waals surface area contributed by atoms with Crippen LogP contribution >= 0.6 is 0 Å². The number of carbonyl (C=O) groups excluding carboxylic acids is 1. The molecule has 9 unspecified atom stereocenters. The molecule has 4 saturated carbocycles. The first-order valence-corrected chi connectivity index (χ1v) is 15.7.